The fourth-order valence-electron chi connectivity index (χ4n) is 4.81. The Labute approximate surface area is 253 Å². The molecule has 220 valence electrons. The smallest absolute Gasteiger partial charge is 0.255 e. The summed E-state index contributed by atoms with van der Waals surface area (Å²) >= 11 is 7.39. The van der Waals surface area contributed by atoms with Gasteiger partial charge in [-0.05, 0) is 54.4 Å². The monoisotopic (exact) mass is 610 g/mol. The highest BCUT2D eigenvalue weighted by molar-refractivity contribution is 8.00. The van der Waals surface area contributed by atoms with E-state index in [-0.39, 0.29) is 23.3 Å². The number of carbonyl (C=O) groups is 1. The molecule has 0 radical (unpaired) electrons. The van der Waals surface area contributed by atoms with Gasteiger partial charge in [-0.15, -0.1) is 11.8 Å². The number of aryl methyl sites for hydroxylation is 1. The van der Waals surface area contributed by atoms with E-state index in [1.807, 2.05) is 19.9 Å². The largest absolute Gasteiger partial charge is 0.382 e. The number of amides is 1. The third-order valence-corrected chi connectivity index (χ3v) is 8.97. The number of hydrogen-bond acceptors (Lipinski definition) is 7. The minimum absolute atomic E-state index is 0.0402. The first-order valence-electron chi connectivity index (χ1n) is 13.6. The van der Waals surface area contributed by atoms with Gasteiger partial charge in [-0.2, -0.15) is 5.10 Å². The van der Waals surface area contributed by atoms with Gasteiger partial charge in [-0.25, -0.2) is 14.1 Å². The summed E-state index contributed by atoms with van der Waals surface area (Å²) in [6.07, 6.45) is 3.00. The van der Waals surface area contributed by atoms with Crippen LogP contribution in [0.15, 0.2) is 79.4 Å². The number of anilines is 1. The van der Waals surface area contributed by atoms with Crippen molar-refractivity contribution < 1.29 is 23.8 Å². The summed E-state index contributed by atoms with van der Waals surface area (Å²) in [6.45, 7) is 4.61. The molecule has 0 unspecified atom stereocenters. The van der Waals surface area contributed by atoms with Crippen LogP contribution in [-0.2, 0) is 28.0 Å². The van der Waals surface area contributed by atoms with Gasteiger partial charge in [-0.1, -0.05) is 49.7 Å². The Bertz CT molecular complexity index is 1480. The molecule has 0 bridgehead atoms. The van der Waals surface area contributed by atoms with Crippen LogP contribution in [0.2, 0.25) is 5.02 Å². The third kappa shape index (κ3) is 7.02. The van der Waals surface area contributed by atoms with Crippen molar-refractivity contribution in [3.05, 3.63) is 112 Å². The molecule has 1 aliphatic heterocycles. The van der Waals surface area contributed by atoms with Gasteiger partial charge in [0.05, 0.1) is 25.0 Å². The van der Waals surface area contributed by atoms with Gasteiger partial charge >= 0.3 is 0 Å². The van der Waals surface area contributed by atoms with E-state index < -0.39 is 23.0 Å². The Morgan fingerprint density at radius 3 is 2.50 bits per heavy atom. The van der Waals surface area contributed by atoms with Crippen molar-refractivity contribution in [2.45, 2.75) is 49.2 Å². The molecule has 2 N–H and O–H groups in total. The maximum Gasteiger partial charge on any atom is 0.255 e. The van der Waals surface area contributed by atoms with E-state index in [1.165, 1.54) is 35.2 Å². The molecule has 1 fully saturated rings. The zero-order chi connectivity index (χ0) is 29.7. The molecule has 0 spiro atoms. The number of aromatic nitrogens is 3. The highest BCUT2D eigenvalue weighted by Gasteiger charge is 2.41. The first kappa shape index (κ1) is 30.2. The standard InChI is InChI=1S/C31H32ClFN4O4S/c1-3-21-4-13-27(28(33)14-21)31(39,17-37-19-34-18-35-37)20(2)42-26-15-40-30(41-16-26)23-7-5-22(6-8-23)29(38)36-25-11-9-24(32)10-12-25/h4-14,18-20,26,30,39H,3,15-17H2,1-2H3,(H,36,38)/t20-,26?,30?,31-/m1/s1. The summed E-state index contributed by atoms with van der Waals surface area (Å²) in [6, 6.07) is 18.9. The Morgan fingerprint density at radius 1 is 1.17 bits per heavy atom. The second kappa shape index (κ2) is 13.4. The number of rotatable bonds is 10. The lowest BCUT2D eigenvalue weighted by atomic mass is 9.89. The predicted octanol–water partition coefficient (Wildman–Crippen LogP) is 6.01. The first-order chi connectivity index (χ1) is 20.2. The maximum atomic E-state index is 15.2. The van der Waals surface area contributed by atoms with Crippen LogP contribution in [0, 0.1) is 5.82 Å². The van der Waals surface area contributed by atoms with Gasteiger partial charge < -0.3 is 19.9 Å². The first-order valence-corrected chi connectivity index (χ1v) is 15.0. The van der Waals surface area contributed by atoms with Crippen LogP contribution in [0.3, 0.4) is 0 Å². The number of aliphatic hydroxyl groups is 1. The molecular weight excluding hydrogens is 579 g/mol. The number of hydrogen-bond donors (Lipinski definition) is 2. The number of carbonyl (C=O) groups excluding carboxylic acids is 1. The molecule has 1 saturated heterocycles. The van der Waals surface area contributed by atoms with Gasteiger partial charge in [0, 0.05) is 32.7 Å². The average molecular weight is 611 g/mol. The van der Waals surface area contributed by atoms with Crippen molar-refractivity contribution in [3.63, 3.8) is 0 Å². The van der Waals surface area contributed by atoms with E-state index in [0.717, 1.165) is 11.1 Å². The number of ether oxygens (including phenoxy) is 2. The Hall–Kier alpha value is -3.28. The molecule has 2 atom stereocenters. The summed E-state index contributed by atoms with van der Waals surface area (Å²) in [5.41, 5.74) is 1.45. The summed E-state index contributed by atoms with van der Waals surface area (Å²) in [5.74, 6) is -0.690. The van der Waals surface area contributed by atoms with Crippen LogP contribution in [0.25, 0.3) is 0 Å². The Kier molecular flexibility index (Phi) is 9.60. The lowest BCUT2D eigenvalue weighted by Crippen LogP contribution is -2.43. The lowest BCUT2D eigenvalue weighted by molar-refractivity contribution is -0.180. The van der Waals surface area contributed by atoms with Crippen molar-refractivity contribution in [2.75, 3.05) is 18.5 Å². The lowest BCUT2D eigenvalue weighted by Gasteiger charge is -2.38. The predicted molar refractivity (Wildman–Crippen MR) is 161 cm³/mol. The van der Waals surface area contributed by atoms with E-state index >= 15 is 4.39 Å². The van der Waals surface area contributed by atoms with E-state index in [2.05, 4.69) is 15.4 Å². The van der Waals surface area contributed by atoms with Gasteiger partial charge in [0.15, 0.2) is 6.29 Å². The van der Waals surface area contributed by atoms with E-state index in [0.29, 0.717) is 35.9 Å². The molecule has 5 rings (SSSR count). The second-order valence-electron chi connectivity index (χ2n) is 10.2. The van der Waals surface area contributed by atoms with Crippen molar-refractivity contribution in [1.82, 2.24) is 14.8 Å². The topological polar surface area (TPSA) is 98.5 Å². The molecule has 11 heteroatoms. The SMILES string of the molecule is CCc1ccc([C@@](O)(Cn2cncn2)[C@@H](C)SC2COC(c3ccc(C(=O)Nc4ccc(Cl)cc4)cc3)OC2)c(F)c1. The molecule has 1 aromatic heterocycles. The minimum atomic E-state index is -1.56. The van der Waals surface area contributed by atoms with Crippen molar-refractivity contribution in [2.24, 2.45) is 0 Å². The van der Waals surface area contributed by atoms with Crippen LogP contribution in [0.4, 0.5) is 10.1 Å². The van der Waals surface area contributed by atoms with Crippen molar-refractivity contribution in [3.8, 4) is 0 Å². The fourth-order valence-corrected chi connectivity index (χ4v) is 6.25. The summed E-state index contributed by atoms with van der Waals surface area (Å²) < 4.78 is 28.8. The van der Waals surface area contributed by atoms with Gasteiger partial charge in [0.1, 0.15) is 24.1 Å². The molecule has 2 heterocycles. The van der Waals surface area contributed by atoms with Crippen molar-refractivity contribution >= 4 is 35.0 Å². The maximum absolute atomic E-state index is 15.2. The molecule has 3 aromatic carbocycles. The average Bonchev–Trinajstić information content (AvgIpc) is 3.51. The molecule has 0 aliphatic carbocycles. The molecule has 1 amide bonds. The third-order valence-electron chi connectivity index (χ3n) is 7.26. The zero-order valence-electron chi connectivity index (χ0n) is 23.2. The molecular formula is C31H32ClFN4O4S. The normalized spacial score (nSPS) is 19.2. The zero-order valence-corrected chi connectivity index (χ0v) is 24.8. The van der Waals surface area contributed by atoms with Gasteiger partial charge in [0.2, 0.25) is 0 Å². The van der Waals surface area contributed by atoms with Crippen LogP contribution in [0.1, 0.15) is 47.2 Å². The molecule has 4 aromatic rings. The highest BCUT2D eigenvalue weighted by atomic mass is 35.5. The van der Waals surface area contributed by atoms with E-state index in [4.69, 9.17) is 21.1 Å². The summed E-state index contributed by atoms with van der Waals surface area (Å²) in [7, 11) is 0. The van der Waals surface area contributed by atoms with Crippen LogP contribution < -0.4 is 5.32 Å². The number of benzene rings is 3. The quantitative estimate of drug-likeness (QED) is 0.227. The Balaban J connectivity index is 1.21. The van der Waals surface area contributed by atoms with Gasteiger partial charge in [0.25, 0.3) is 5.91 Å². The second-order valence-corrected chi connectivity index (χ2v) is 12.2. The van der Waals surface area contributed by atoms with Crippen LogP contribution >= 0.6 is 23.4 Å². The highest BCUT2D eigenvalue weighted by Crippen LogP contribution is 2.39. The number of nitrogens with zero attached hydrogens (tertiary/aromatic N) is 3. The van der Waals surface area contributed by atoms with E-state index in [9.17, 15) is 9.90 Å². The molecule has 42 heavy (non-hydrogen) atoms. The molecule has 1 aliphatic rings. The molecule has 8 nitrogen and oxygen atoms in total. The fraction of sp³-hybridized carbons (Fsp3) is 0.323. The minimum Gasteiger partial charge on any atom is -0.382 e. The number of nitrogens with one attached hydrogen (secondary N) is 1. The molecule has 0 saturated carbocycles. The summed E-state index contributed by atoms with van der Waals surface area (Å²) in [4.78, 5) is 16.6. The Morgan fingerprint density at radius 2 is 1.88 bits per heavy atom. The van der Waals surface area contributed by atoms with Crippen LogP contribution in [0.5, 0.6) is 0 Å². The van der Waals surface area contributed by atoms with Gasteiger partial charge in [-0.3, -0.25) is 4.79 Å². The van der Waals surface area contributed by atoms with E-state index in [1.54, 1.807) is 54.6 Å². The summed E-state index contributed by atoms with van der Waals surface area (Å²) in [5, 5.41) is 19.0. The number of thioether (sulfide) groups is 1. The van der Waals surface area contributed by atoms with Crippen molar-refractivity contribution in [1.29, 1.82) is 0 Å². The number of halogens is 2. The van der Waals surface area contributed by atoms with Crippen LogP contribution in [-0.4, -0.2) is 49.5 Å².